The minimum atomic E-state index is -0.169. The topological polar surface area (TPSA) is 64.3 Å². The highest BCUT2D eigenvalue weighted by Crippen LogP contribution is 2.25. The zero-order valence-electron chi connectivity index (χ0n) is 11.3. The maximum atomic E-state index is 11.6. The molecule has 0 aliphatic heterocycles. The molecule has 1 rings (SSSR count). The van der Waals surface area contributed by atoms with Crippen molar-refractivity contribution in [2.75, 3.05) is 13.2 Å². The van der Waals surface area contributed by atoms with Gasteiger partial charge in [0.15, 0.2) is 0 Å². The van der Waals surface area contributed by atoms with Crippen molar-refractivity contribution in [2.24, 2.45) is 11.7 Å². The Kier molecular flexibility index (Phi) is 5.40. The van der Waals surface area contributed by atoms with Crippen molar-refractivity contribution >= 4 is 5.97 Å². The first-order valence-electron chi connectivity index (χ1n) is 6.61. The van der Waals surface area contributed by atoms with Crippen molar-refractivity contribution in [3.63, 3.8) is 0 Å². The first kappa shape index (κ1) is 14.5. The molecule has 0 saturated heterocycles. The molecule has 0 unspecified atom stereocenters. The van der Waals surface area contributed by atoms with E-state index in [9.17, 15) is 4.79 Å². The van der Waals surface area contributed by atoms with Gasteiger partial charge in [0.2, 0.25) is 0 Å². The van der Waals surface area contributed by atoms with Gasteiger partial charge in [-0.05, 0) is 46.5 Å². The first-order chi connectivity index (χ1) is 7.92. The first-order valence-corrected chi connectivity index (χ1v) is 6.61. The summed E-state index contributed by atoms with van der Waals surface area (Å²) in [5.41, 5.74) is 5.76. The van der Waals surface area contributed by atoms with E-state index in [0.717, 1.165) is 32.2 Å². The molecule has 1 aliphatic carbocycles. The lowest BCUT2D eigenvalue weighted by molar-refractivity contribution is -0.149. The van der Waals surface area contributed by atoms with E-state index in [2.05, 4.69) is 5.32 Å². The van der Waals surface area contributed by atoms with E-state index in [1.54, 1.807) is 0 Å². The Morgan fingerprint density at radius 1 is 1.35 bits per heavy atom. The highest BCUT2D eigenvalue weighted by molar-refractivity contribution is 5.72. The van der Waals surface area contributed by atoms with Gasteiger partial charge in [0.25, 0.3) is 0 Å². The number of carbonyl (C=O) groups is 1. The third-order valence-electron chi connectivity index (χ3n) is 3.19. The van der Waals surface area contributed by atoms with Crippen LogP contribution in [-0.4, -0.2) is 30.7 Å². The Morgan fingerprint density at radius 2 is 1.94 bits per heavy atom. The third-order valence-corrected chi connectivity index (χ3v) is 3.19. The number of hydrogen-bond donors (Lipinski definition) is 2. The molecular formula is C13H26N2O2. The second-order valence-electron chi connectivity index (χ2n) is 5.67. The molecule has 0 amide bonds. The zero-order valence-corrected chi connectivity index (χ0v) is 11.3. The van der Waals surface area contributed by atoms with Crippen LogP contribution in [0.4, 0.5) is 0 Å². The van der Waals surface area contributed by atoms with Crippen LogP contribution >= 0.6 is 0 Å². The van der Waals surface area contributed by atoms with Crippen molar-refractivity contribution in [3.8, 4) is 0 Å². The summed E-state index contributed by atoms with van der Waals surface area (Å²) in [7, 11) is 0. The number of hydrogen-bond acceptors (Lipinski definition) is 4. The van der Waals surface area contributed by atoms with Gasteiger partial charge in [0.05, 0.1) is 12.5 Å². The third kappa shape index (κ3) is 5.50. The lowest BCUT2D eigenvalue weighted by atomic mass is 9.86. The van der Waals surface area contributed by atoms with Gasteiger partial charge in [-0.3, -0.25) is 4.79 Å². The highest BCUT2D eigenvalue weighted by atomic mass is 16.5. The summed E-state index contributed by atoms with van der Waals surface area (Å²) in [6, 6.07) is 0.503. The van der Waals surface area contributed by atoms with Gasteiger partial charge in [0.1, 0.15) is 0 Å². The number of nitrogens with two attached hydrogens (primary N) is 1. The molecule has 17 heavy (non-hydrogen) atoms. The van der Waals surface area contributed by atoms with Crippen LogP contribution in [-0.2, 0) is 9.53 Å². The normalized spacial score (nSPS) is 25.6. The number of nitrogens with one attached hydrogen (secondary N) is 1. The molecule has 0 heterocycles. The van der Waals surface area contributed by atoms with E-state index in [1.807, 2.05) is 20.8 Å². The fourth-order valence-corrected chi connectivity index (χ4v) is 2.20. The summed E-state index contributed by atoms with van der Waals surface area (Å²) < 4.78 is 5.05. The number of carbonyl (C=O) groups excluding carboxylic acids is 1. The quantitative estimate of drug-likeness (QED) is 0.716. The summed E-state index contributed by atoms with van der Waals surface area (Å²) in [5, 5.41) is 3.48. The zero-order chi connectivity index (χ0) is 12.9. The molecule has 4 heteroatoms. The van der Waals surface area contributed by atoms with Crippen LogP contribution in [0.25, 0.3) is 0 Å². The predicted molar refractivity (Wildman–Crippen MR) is 68.6 cm³/mol. The largest absolute Gasteiger partial charge is 0.466 e. The Morgan fingerprint density at radius 3 is 2.41 bits per heavy atom. The molecule has 0 bridgehead atoms. The molecule has 0 aromatic heterocycles. The van der Waals surface area contributed by atoms with Crippen LogP contribution < -0.4 is 11.1 Å². The van der Waals surface area contributed by atoms with Gasteiger partial charge in [-0.25, -0.2) is 0 Å². The van der Waals surface area contributed by atoms with E-state index in [0.29, 0.717) is 12.6 Å². The van der Waals surface area contributed by atoms with E-state index >= 15 is 0 Å². The van der Waals surface area contributed by atoms with E-state index < -0.39 is 0 Å². The minimum absolute atomic E-state index is 0.0231. The Balaban J connectivity index is 2.24. The van der Waals surface area contributed by atoms with Crippen molar-refractivity contribution in [1.82, 2.24) is 5.32 Å². The molecule has 0 aromatic carbocycles. The second-order valence-corrected chi connectivity index (χ2v) is 5.67. The lowest BCUT2D eigenvalue weighted by Gasteiger charge is -2.30. The Hall–Kier alpha value is -0.610. The highest BCUT2D eigenvalue weighted by Gasteiger charge is 2.27. The van der Waals surface area contributed by atoms with Crippen molar-refractivity contribution in [3.05, 3.63) is 0 Å². The van der Waals surface area contributed by atoms with Gasteiger partial charge >= 0.3 is 5.97 Å². The Labute approximate surface area is 104 Å². The summed E-state index contributed by atoms with van der Waals surface area (Å²) in [5.74, 6) is 0.0870. The molecule has 4 nitrogen and oxygen atoms in total. The molecule has 100 valence electrons. The van der Waals surface area contributed by atoms with E-state index in [-0.39, 0.29) is 17.4 Å². The monoisotopic (exact) mass is 242 g/mol. The van der Waals surface area contributed by atoms with E-state index in [1.165, 1.54) is 0 Å². The Bertz CT molecular complexity index is 240. The standard InChI is InChI=1S/C13H26N2O2/c1-4-17-12(16)10-5-7-11(8-6-10)15-9-13(2,3)14/h10-11,15H,4-9,14H2,1-3H3. The van der Waals surface area contributed by atoms with E-state index in [4.69, 9.17) is 10.5 Å². The lowest BCUT2D eigenvalue weighted by Crippen LogP contribution is -2.47. The van der Waals surface area contributed by atoms with Crippen LogP contribution in [0.3, 0.4) is 0 Å². The molecule has 1 saturated carbocycles. The fourth-order valence-electron chi connectivity index (χ4n) is 2.20. The van der Waals surface area contributed by atoms with Crippen LogP contribution in [0.1, 0.15) is 46.5 Å². The van der Waals surface area contributed by atoms with Gasteiger partial charge in [-0.15, -0.1) is 0 Å². The van der Waals surface area contributed by atoms with Gasteiger partial charge < -0.3 is 15.8 Å². The average molecular weight is 242 g/mol. The van der Waals surface area contributed by atoms with Crippen LogP contribution in [0, 0.1) is 5.92 Å². The SMILES string of the molecule is CCOC(=O)C1CCC(NCC(C)(C)N)CC1. The number of ether oxygens (including phenoxy) is 1. The molecular weight excluding hydrogens is 216 g/mol. The second kappa shape index (κ2) is 6.36. The number of rotatable bonds is 5. The predicted octanol–water partition coefficient (Wildman–Crippen LogP) is 1.44. The maximum Gasteiger partial charge on any atom is 0.308 e. The van der Waals surface area contributed by atoms with Gasteiger partial charge in [0, 0.05) is 18.1 Å². The molecule has 0 aromatic rings. The van der Waals surface area contributed by atoms with Crippen LogP contribution in [0.5, 0.6) is 0 Å². The summed E-state index contributed by atoms with van der Waals surface area (Å²) in [6.07, 6.45) is 3.95. The summed E-state index contributed by atoms with van der Waals surface area (Å²) >= 11 is 0. The molecule has 0 spiro atoms. The smallest absolute Gasteiger partial charge is 0.308 e. The molecule has 1 aliphatic rings. The van der Waals surface area contributed by atoms with Crippen LogP contribution in [0.15, 0.2) is 0 Å². The molecule has 1 fully saturated rings. The average Bonchev–Trinajstić information content (AvgIpc) is 2.26. The van der Waals surface area contributed by atoms with Gasteiger partial charge in [-0.1, -0.05) is 0 Å². The maximum absolute atomic E-state index is 11.6. The van der Waals surface area contributed by atoms with Crippen LogP contribution in [0.2, 0.25) is 0 Å². The van der Waals surface area contributed by atoms with Crippen molar-refractivity contribution in [1.29, 1.82) is 0 Å². The molecule has 0 radical (unpaired) electrons. The van der Waals surface area contributed by atoms with Gasteiger partial charge in [-0.2, -0.15) is 0 Å². The summed E-state index contributed by atoms with van der Waals surface area (Å²) in [6.45, 7) is 7.20. The minimum Gasteiger partial charge on any atom is -0.466 e. The molecule has 3 N–H and O–H groups in total. The number of esters is 1. The molecule has 0 atom stereocenters. The fraction of sp³-hybridized carbons (Fsp3) is 0.923. The van der Waals surface area contributed by atoms with Crippen molar-refractivity contribution in [2.45, 2.75) is 58.0 Å². The van der Waals surface area contributed by atoms with Crippen molar-refractivity contribution < 1.29 is 9.53 Å². The summed E-state index contributed by atoms with van der Waals surface area (Å²) in [4.78, 5) is 11.6.